The van der Waals surface area contributed by atoms with Crippen molar-refractivity contribution in [2.45, 2.75) is 12.8 Å². The fraction of sp³-hybridized carbons (Fsp3) is 0.222. The first-order valence-corrected chi connectivity index (χ1v) is 3.99. The van der Waals surface area contributed by atoms with Crippen molar-refractivity contribution in [2.24, 2.45) is 5.34 Å². The Bertz CT molecular complexity index is 341. The molecule has 5 heteroatoms. The second kappa shape index (κ2) is 5.06. The zero-order valence-electron chi connectivity index (χ0n) is 7.27. The second-order valence-corrected chi connectivity index (χ2v) is 2.67. The van der Waals surface area contributed by atoms with Gasteiger partial charge in [-0.1, -0.05) is 12.1 Å². The molecule has 0 fully saturated rings. The molecule has 0 saturated carbocycles. The van der Waals surface area contributed by atoms with Crippen molar-refractivity contribution in [1.29, 1.82) is 0 Å². The van der Waals surface area contributed by atoms with Crippen LogP contribution >= 0.6 is 0 Å². The average Bonchev–Trinajstić information content (AvgIpc) is 2.15. The predicted octanol–water partition coefficient (Wildman–Crippen LogP) is 1.98. The van der Waals surface area contributed by atoms with Crippen LogP contribution in [0.3, 0.4) is 0 Å². The number of benzene rings is 1. The van der Waals surface area contributed by atoms with Gasteiger partial charge in [-0.2, -0.15) is 0 Å². The summed E-state index contributed by atoms with van der Waals surface area (Å²) in [7, 11) is 0. The highest BCUT2D eigenvalue weighted by atomic mass is 19.1. The summed E-state index contributed by atoms with van der Waals surface area (Å²) < 4.78 is 12.7. The van der Waals surface area contributed by atoms with Gasteiger partial charge in [0.25, 0.3) is 0 Å². The molecule has 0 amide bonds. The average molecular weight is 197 g/mol. The molecule has 1 aromatic rings. The van der Waals surface area contributed by atoms with Crippen molar-refractivity contribution in [1.82, 2.24) is 0 Å². The van der Waals surface area contributed by atoms with E-state index in [0.717, 1.165) is 0 Å². The van der Waals surface area contributed by atoms with Gasteiger partial charge in [-0.25, -0.2) is 9.18 Å². The van der Waals surface area contributed by atoms with Crippen LogP contribution in [0.15, 0.2) is 29.6 Å². The van der Waals surface area contributed by atoms with Gasteiger partial charge in [0.1, 0.15) is 5.82 Å². The predicted molar refractivity (Wildman–Crippen MR) is 46.6 cm³/mol. The molecule has 0 aliphatic heterocycles. The Balaban J connectivity index is 2.45. The summed E-state index contributed by atoms with van der Waals surface area (Å²) in [6, 6.07) is 5.87. The minimum atomic E-state index is -0.718. The van der Waals surface area contributed by atoms with Crippen molar-refractivity contribution < 1.29 is 14.0 Å². The molecule has 0 aromatic heterocycles. The molecule has 0 spiro atoms. The van der Waals surface area contributed by atoms with Gasteiger partial charge in [0.05, 0.1) is 6.42 Å². The van der Waals surface area contributed by atoms with Crippen molar-refractivity contribution in [3.8, 4) is 0 Å². The lowest BCUT2D eigenvalue weighted by molar-refractivity contribution is -0.143. The zero-order chi connectivity index (χ0) is 10.4. The minimum absolute atomic E-state index is 0.00912. The first-order chi connectivity index (χ1) is 6.72. The summed E-state index contributed by atoms with van der Waals surface area (Å²) in [5.41, 5.74) is 0.674. The van der Waals surface area contributed by atoms with Crippen LogP contribution in [-0.2, 0) is 16.1 Å². The first kappa shape index (κ1) is 10.3. The molecule has 0 unspecified atom stereocenters. The van der Waals surface area contributed by atoms with Crippen molar-refractivity contribution >= 4 is 5.97 Å². The number of hydrogen-bond donors (Lipinski definition) is 0. The van der Waals surface area contributed by atoms with Crippen LogP contribution in [0.4, 0.5) is 4.39 Å². The maximum Gasteiger partial charge on any atom is 0.338 e. The van der Waals surface area contributed by atoms with E-state index in [0.29, 0.717) is 12.0 Å². The molecule has 14 heavy (non-hydrogen) atoms. The van der Waals surface area contributed by atoms with E-state index >= 15 is 0 Å². The molecule has 0 N–H and O–H groups in total. The van der Waals surface area contributed by atoms with Gasteiger partial charge in [-0.15, -0.1) is 4.91 Å². The van der Waals surface area contributed by atoms with Gasteiger partial charge in [0, 0.05) is 0 Å². The fourth-order valence-corrected chi connectivity index (χ4v) is 1.03. The third-order valence-corrected chi connectivity index (χ3v) is 1.65. The summed E-state index contributed by atoms with van der Waals surface area (Å²) in [5, 5.41) is 1.99. The molecule has 0 saturated heterocycles. The smallest absolute Gasteiger partial charge is 0.285 e. The van der Waals surface area contributed by atoms with Crippen LogP contribution < -0.4 is 0 Å². The van der Waals surface area contributed by atoms with Crippen LogP contribution in [0.2, 0.25) is 0 Å². The van der Waals surface area contributed by atoms with Crippen molar-refractivity contribution in [2.75, 3.05) is 0 Å². The number of carbonyl (C=O) groups excluding carboxylic acids is 1. The van der Waals surface area contributed by atoms with E-state index in [-0.39, 0.29) is 12.2 Å². The molecule has 74 valence electrons. The SMILES string of the molecule is O=NOC(=O)CCc1cccc(F)c1. The van der Waals surface area contributed by atoms with Gasteiger partial charge in [-0.3, -0.25) is 4.84 Å². The van der Waals surface area contributed by atoms with E-state index in [1.807, 2.05) is 5.34 Å². The molecule has 0 heterocycles. The van der Waals surface area contributed by atoms with Crippen molar-refractivity contribution in [3.63, 3.8) is 0 Å². The second-order valence-electron chi connectivity index (χ2n) is 2.67. The topological polar surface area (TPSA) is 55.7 Å². The molecule has 0 aliphatic rings. The van der Waals surface area contributed by atoms with E-state index in [1.165, 1.54) is 12.1 Å². The van der Waals surface area contributed by atoms with Crippen LogP contribution in [-0.4, -0.2) is 5.97 Å². The number of aryl methyl sites for hydroxylation is 1. The van der Waals surface area contributed by atoms with Gasteiger partial charge in [0.15, 0.2) is 5.34 Å². The number of hydrogen-bond acceptors (Lipinski definition) is 4. The lowest BCUT2D eigenvalue weighted by atomic mass is 10.1. The number of rotatable bonds is 4. The molecule has 0 atom stereocenters. The zero-order valence-corrected chi connectivity index (χ0v) is 7.27. The molecule has 1 aromatic carbocycles. The quantitative estimate of drug-likeness (QED) is 0.547. The van der Waals surface area contributed by atoms with E-state index < -0.39 is 5.97 Å². The number of carbonyl (C=O) groups is 1. The van der Waals surface area contributed by atoms with E-state index in [1.54, 1.807) is 12.1 Å². The molecule has 0 radical (unpaired) electrons. The Kier molecular flexibility index (Phi) is 3.72. The number of halogens is 1. The van der Waals surface area contributed by atoms with E-state index in [4.69, 9.17) is 0 Å². The highest BCUT2D eigenvalue weighted by molar-refractivity contribution is 5.69. The van der Waals surface area contributed by atoms with Crippen LogP contribution in [0, 0.1) is 10.7 Å². The minimum Gasteiger partial charge on any atom is -0.285 e. The van der Waals surface area contributed by atoms with E-state index in [9.17, 15) is 14.1 Å². The van der Waals surface area contributed by atoms with Gasteiger partial charge < -0.3 is 0 Å². The molecule has 0 bridgehead atoms. The summed E-state index contributed by atoms with van der Waals surface area (Å²) in [5.74, 6) is -1.08. The standard InChI is InChI=1S/C9H8FNO3/c10-8-3-1-2-7(6-8)4-5-9(12)14-11-13/h1-3,6H,4-5H2. The Morgan fingerprint density at radius 2 is 2.29 bits per heavy atom. The fourth-order valence-electron chi connectivity index (χ4n) is 1.03. The van der Waals surface area contributed by atoms with Crippen molar-refractivity contribution in [3.05, 3.63) is 40.6 Å². The first-order valence-electron chi connectivity index (χ1n) is 3.99. The summed E-state index contributed by atoms with van der Waals surface area (Å²) in [6.45, 7) is 0. The lowest BCUT2D eigenvalue weighted by Crippen LogP contribution is -2.01. The Morgan fingerprint density at radius 1 is 1.50 bits per heavy atom. The Labute approximate surface area is 79.6 Å². The highest BCUT2D eigenvalue weighted by Gasteiger charge is 2.04. The third kappa shape index (κ3) is 3.30. The van der Waals surface area contributed by atoms with Gasteiger partial charge in [-0.05, 0) is 24.1 Å². The Morgan fingerprint density at radius 3 is 2.93 bits per heavy atom. The van der Waals surface area contributed by atoms with Crippen LogP contribution in [0.25, 0.3) is 0 Å². The summed E-state index contributed by atoms with van der Waals surface area (Å²) in [6.07, 6.45) is 0.335. The third-order valence-electron chi connectivity index (χ3n) is 1.65. The van der Waals surface area contributed by atoms with E-state index in [2.05, 4.69) is 4.84 Å². The van der Waals surface area contributed by atoms with Gasteiger partial charge in [0.2, 0.25) is 0 Å². The number of nitrogens with zero attached hydrogens (tertiary/aromatic N) is 1. The summed E-state index contributed by atoms with van der Waals surface area (Å²) >= 11 is 0. The molecular weight excluding hydrogens is 189 g/mol. The molecular formula is C9H8FNO3. The van der Waals surface area contributed by atoms with Crippen LogP contribution in [0.1, 0.15) is 12.0 Å². The highest BCUT2D eigenvalue weighted by Crippen LogP contribution is 2.06. The molecule has 4 nitrogen and oxygen atoms in total. The molecule has 0 aliphatic carbocycles. The Hall–Kier alpha value is -1.78. The largest absolute Gasteiger partial charge is 0.338 e. The lowest BCUT2D eigenvalue weighted by Gasteiger charge is -1.98. The maximum absolute atomic E-state index is 12.7. The maximum atomic E-state index is 12.7. The monoisotopic (exact) mass is 197 g/mol. The van der Waals surface area contributed by atoms with Crippen LogP contribution in [0.5, 0.6) is 0 Å². The van der Waals surface area contributed by atoms with Gasteiger partial charge >= 0.3 is 5.97 Å². The molecule has 1 rings (SSSR count). The normalized spacial score (nSPS) is 9.50. The summed E-state index contributed by atoms with van der Waals surface area (Å²) in [4.78, 5) is 24.0.